The molecule has 1 saturated heterocycles. The van der Waals surface area contributed by atoms with Crippen LogP contribution < -0.4 is 14.9 Å². The lowest BCUT2D eigenvalue weighted by molar-refractivity contribution is -0.123. The third-order valence-electron chi connectivity index (χ3n) is 5.26. The molecule has 4 rings (SSSR count). The molecule has 1 N–H and O–H groups in total. The third kappa shape index (κ3) is 6.40. The maximum Gasteiger partial charge on any atom is 0.285 e. The molecule has 190 valence electrons. The maximum atomic E-state index is 13.1. The van der Waals surface area contributed by atoms with E-state index in [0.29, 0.717) is 27.0 Å². The fraction of sp³-hybridized carbons (Fsp3) is 0.115. The number of thiocarbonyl (C=S) groups is 1. The molecule has 3 aromatic rings. The average Bonchev–Trinajstić information content (AvgIpc) is 3.11. The van der Waals surface area contributed by atoms with E-state index < -0.39 is 11.8 Å². The lowest BCUT2D eigenvalue weighted by Crippen LogP contribution is -2.44. The topological polar surface area (TPSA) is 67.9 Å². The lowest BCUT2D eigenvalue weighted by atomic mass is 10.1. The quantitative estimate of drug-likeness (QED) is 0.164. The third-order valence-corrected chi connectivity index (χ3v) is 8.04. The maximum absolute atomic E-state index is 13.1. The van der Waals surface area contributed by atoms with Gasteiger partial charge in [0.2, 0.25) is 0 Å². The standard InChI is InChI=1S/C26H19Cl2IN2O4S2/c1-14-7-8-17(19(28)9-14)24(32)30-31-25(33)22(37-26(31)36)12-15-10-20(29)23(21(11-15)34-2)35-13-16-5-3-4-6-18(16)27/h3-12H,13H2,1-2H3,(H,30,32)/b22-12+. The number of amides is 2. The number of hydrazine groups is 1. The summed E-state index contributed by atoms with van der Waals surface area (Å²) in [6.45, 7) is 2.14. The second-order valence-electron chi connectivity index (χ2n) is 7.86. The van der Waals surface area contributed by atoms with Crippen LogP contribution in [0.5, 0.6) is 11.5 Å². The number of methoxy groups -OCH3 is 1. The van der Waals surface area contributed by atoms with Gasteiger partial charge in [0.05, 0.1) is 26.2 Å². The number of hydrogen-bond acceptors (Lipinski definition) is 6. The molecule has 2 amide bonds. The molecule has 1 aliphatic rings. The molecule has 37 heavy (non-hydrogen) atoms. The van der Waals surface area contributed by atoms with E-state index in [1.807, 2.05) is 31.2 Å². The first-order chi connectivity index (χ1) is 17.7. The van der Waals surface area contributed by atoms with Gasteiger partial charge in [-0.2, -0.15) is 5.01 Å². The fourth-order valence-corrected chi connectivity index (χ4v) is 5.88. The molecule has 1 fully saturated rings. The van der Waals surface area contributed by atoms with Crippen molar-refractivity contribution in [2.45, 2.75) is 13.5 Å². The smallest absolute Gasteiger partial charge is 0.285 e. The van der Waals surface area contributed by atoms with Gasteiger partial charge in [-0.25, -0.2) is 0 Å². The van der Waals surface area contributed by atoms with Gasteiger partial charge in [0.1, 0.15) is 6.61 Å². The fourth-order valence-electron chi connectivity index (χ4n) is 3.41. The van der Waals surface area contributed by atoms with Crippen LogP contribution in [0.4, 0.5) is 0 Å². The minimum absolute atomic E-state index is 0.203. The molecule has 0 atom stereocenters. The molecule has 0 aromatic heterocycles. The molecule has 11 heteroatoms. The highest BCUT2D eigenvalue weighted by Gasteiger charge is 2.34. The number of aryl methyl sites for hydroxylation is 1. The van der Waals surface area contributed by atoms with Crippen molar-refractivity contribution in [1.29, 1.82) is 0 Å². The first-order valence-corrected chi connectivity index (χ1v) is 13.8. The van der Waals surface area contributed by atoms with E-state index in [1.54, 1.807) is 43.5 Å². The molecule has 0 unspecified atom stereocenters. The number of ether oxygens (including phenoxy) is 2. The number of nitrogens with one attached hydrogen (secondary N) is 1. The molecule has 0 saturated carbocycles. The van der Waals surface area contributed by atoms with Crippen LogP contribution in [0.3, 0.4) is 0 Å². The monoisotopic (exact) mass is 684 g/mol. The van der Waals surface area contributed by atoms with Crippen LogP contribution >= 0.6 is 69.8 Å². The van der Waals surface area contributed by atoms with E-state index in [-0.39, 0.29) is 21.5 Å². The van der Waals surface area contributed by atoms with Gasteiger partial charge in [-0.15, -0.1) is 0 Å². The Morgan fingerprint density at radius 1 is 1.16 bits per heavy atom. The van der Waals surface area contributed by atoms with Crippen LogP contribution in [-0.2, 0) is 11.4 Å². The van der Waals surface area contributed by atoms with Crippen LogP contribution in [0.15, 0.2) is 59.5 Å². The number of benzene rings is 3. The van der Waals surface area contributed by atoms with E-state index in [9.17, 15) is 9.59 Å². The summed E-state index contributed by atoms with van der Waals surface area (Å²) in [6, 6.07) is 16.1. The Morgan fingerprint density at radius 2 is 1.92 bits per heavy atom. The zero-order valence-electron chi connectivity index (χ0n) is 19.5. The van der Waals surface area contributed by atoms with Crippen LogP contribution in [0.2, 0.25) is 10.0 Å². The number of halogens is 3. The van der Waals surface area contributed by atoms with Gasteiger partial charge in [-0.05, 0) is 89.3 Å². The number of hydrogen-bond donors (Lipinski definition) is 1. The zero-order valence-corrected chi connectivity index (χ0v) is 24.8. The number of nitrogens with zero attached hydrogens (tertiary/aromatic N) is 1. The Hall–Kier alpha value is -2.31. The molecule has 3 aromatic carbocycles. The van der Waals surface area contributed by atoms with Gasteiger partial charge < -0.3 is 9.47 Å². The van der Waals surface area contributed by atoms with Gasteiger partial charge in [0, 0.05) is 10.6 Å². The van der Waals surface area contributed by atoms with Crippen LogP contribution in [0.1, 0.15) is 27.0 Å². The Kier molecular flexibility index (Phi) is 9.02. The second kappa shape index (κ2) is 12.0. The predicted molar refractivity (Wildman–Crippen MR) is 160 cm³/mol. The summed E-state index contributed by atoms with van der Waals surface area (Å²) < 4.78 is 12.6. The van der Waals surface area contributed by atoms with Crippen molar-refractivity contribution < 1.29 is 19.1 Å². The molecular formula is C26H19Cl2IN2O4S2. The van der Waals surface area contributed by atoms with E-state index >= 15 is 0 Å². The highest BCUT2D eigenvalue weighted by atomic mass is 127. The summed E-state index contributed by atoms with van der Waals surface area (Å²) in [5.41, 5.74) is 5.27. The van der Waals surface area contributed by atoms with E-state index in [2.05, 4.69) is 28.0 Å². The van der Waals surface area contributed by atoms with E-state index in [1.165, 1.54) is 0 Å². The first kappa shape index (κ1) is 27.7. The van der Waals surface area contributed by atoms with Crippen LogP contribution in [0, 0.1) is 10.5 Å². The number of thioether (sulfide) groups is 1. The van der Waals surface area contributed by atoms with Gasteiger partial charge in [-0.3, -0.25) is 15.0 Å². The second-order valence-corrected chi connectivity index (χ2v) is 11.5. The first-order valence-electron chi connectivity index (χ1n) is 10.8. The lowest BCUT2D eigenvalue weighted by Gasteiger charge is -2.16. The van der Waals surface area contributed by atoms with Crippen molar-refractivity contribution >= 4 is 92.0 Å². The van der Waals surface area contributed by atoms with Crippen LogP contribution in [-0.4, -0.2) is 28.3 Å². The number of carbonyl (C=O) groups is 2. The average molecular weight is 685 g/mol. The van der Waals surface area contributed by atoms with Gasteiger partial charge in [0.15, 0.2) is 15.8 Å². The molecular weight excluding hydrogens is 666 g/mol. The summed E-state index contributed by atoms with van der Waals surface area (Å²) in [5.74, 6) is 0.0938. The Morgan fingerprint density at radius 3 is 2.62 bits per heavy atom. The van der Waals surface area contributed by atoms with Crippen molar-refractivity contribution in [2.24, 2.45) is 0 Å². The van der Waals surface area contributed by atoms with Gasteiger partial charge in [0.25, 0.3) is 11.8 Å². The highest BCUT2D eigenvalue weighted by Crippen LogP contribution is 2.38. The van der Waals surface area contributed by atoms with E-state index in [4.69, 9.17) is 44.9 Å². The van der Waals surface area contributed by atoms with Gasteiger partial charge >= 0.3 is 0 Å². The largest absolute Gasteiger partial charge is 0.493 e. The minimum atomic E-state index is -0.529. The minimum Gasteiger partial charge on any atom is -0.493 e. The Balaban J connectivity index is 1.52. The molecule has 1 aliphatic heterocycles. The van der Waals surface area contributed by atoms with Crippen molar-refractivity contribution in [3.63, 3.8) is 0 Å². The molecule has 0 spiro atoms. The SMILES string of the molecule is COc1cc(/C=C2/SC(=S)N(NC(=O)c3ccc(C)cc3Cl)C2=O)cc(I)c1OCc1ccccc1Cl. The van der Waals surface area contributed by atoms with Crippen LogP contribution in [0.25, 0.3) is 6.08 Å². The molecule has 6 nitrogen and oxygen atoms in total. The number of rotatable bonds is 7. The molecule has 0 radical (unpaired) electrons. The van der Waals surface area contributed by atoms with Crippen molar-refractivity contribution in [3.8, 4) is 11.5 Å². The predicted octanol–water partition coefficient (Wildman–Crippen LogP) is 7.04. The molecule has 0 aliphatic carbocycles. The zero-order chi connectivity index (χ0) is 26.7. The summed E-state index contributed by atoms with van der Waals surface area (Å²) in [4.78, 5) is 26.1. The Bertz CT molecular complexity index is 1450. The summed E-state index contributed by atoms with van der Waals surface area (Å²) in [5, 5.41) is 1.96. The van der Waals surface area contributed by atoms with E-state index in [0.717, 1.165) is 31.5 Å². The van der Waals surface area contributed by atoms with Crippen molar-refractivity contribution in [3.05, 3.63) is 95.4 Å². The normalized spacial score (nSPS) is 14.3. The van der Waals surface area contributed by atoms with Gasteiger partial charge in [-0.1, -0.05) is 59.2 Å². The number of carbonyl (C=O) groups excluding carboxylic acids is 2. The Labute approximate surface area is 247 Å². The molecule has 1 heterocycles. The highest BCUT2D eigenvalue weighted by molar-refractivity contribution is 14.1. The summed E-state index contributed by atoms with van der Waals surface area (Å²) in [6.07, 6.45) is 1.69. The van der Waals surface area contributed by atoms with Crippen molar-refractivity contribution in [2.75, 3.05) is 7.11 Å². The van der Waals surface area contributed by atoms with Crippen molar-refractivity contribution in [1.82, 2.24) is 10.4 Å². The summed E-state index contributed by atoms with van der Waals surface area (Å²) >= 11 is 21.0. The molecule has 0 bridgehead atoms. The summed E-state index contributed by atoms with van der Waals surface area (Å²) in [7, 11) is 1.54.